The maximum absolute atomic E-state index is 16.1. The summed E-state index contributed by atoms with van der Waals surface area (Å²) in [6.07, 6.45) is -11.1. The molecule has 240 valence electrons. The molecule has 3 aliphatic rings. The summed E-state index contributed by atoms with van der Waals surface area (Å²) in [7, 11) is 2.43. The monoisotopic (exact) mass is 697 g/mol. The molecule has 4 unspecified atom stereocenters. The molecule has 0 aliphatic carbocycles. The summed E-state index contributed by atoms with van der Waals surface area (Å²) in [5.41, 5.74) is 6.24. The van der Waals surface area contributed by atoms with E-state index in [9.17, 15) is 13.9 Å². The van der Waals surface area contributed by atoms with Crippen molar-refractivity contribution in [2.75, 3.05) is 18.9 Å². The van der Waals surface area contributed by atoms with Crippen molar-refractivity contribution in [2.45, 2.75) is 56.1 Å². The van der Waals surface area contributed by atoms with Crippen molar-refractivity contribution in [2.24, 2.45) is 0 Å². The number of aromatic amines is 1. The Morgan fingerprint density at radius 3 is 2.15 bits per heavy atom. The molecule has 0 amide bonds. The number of nitrogens with zero attached hydrogens (tertiary/aromatic N) is 5. The number of ether oxygens (including phenoxy) is 2. The summed E-state index contributed by atoms with van der Waals surface area (Å²) in [6.45, 7) is 0.272. The van der Waals surface area contributed by atoms with Gasteiger partial charge in [-0.1, -0.05) is 11.6 Å². The molecule has 6 heterocycles. The van der Waals surface area contributed by atoms with Crippen LogP contribution in [0, 0.1) is 6.92 Å². The van der Waals surface area contributed by atoms with E-state index >= 15 is 8.78 Å². The maximum Gasteiger partial charge on any atom is 0.280 e. The average Bonchev–Trinajstić information content (AvgIpc) is 3.72. The number of aryl methyl sites for hydroxylation is 1. The number of aromatic nitrogens is 6. The number of alkyl halides is 2. The molecule has 4 radical (unpaired) electrons. The minimum absolute atomic E-state index is 0.135. The maximum atomic E-state index is 16.1. The second-order valence-electron chi connectivity index (χ2n) is 10.8. The lowest BCUT2D eigenvalue weighted by Gasteiger charge is -2.29. The van der Waals surface area contributed by atoms with E-state index in [1.807, 2.05) is 0 Å². The number of nitrogen functional groups attached to an aromatic ring is 1. The van der Waals surface area contributed by atoms with Crippen LogP contribution in [0.4, 0.5) is 14.7 Å². The number of nitrogens with one attached hydrogen (secondary N) is 1. The Morgan fingerprint density at radius 1 is 0.978 bits per heavy atom. The number of halogens is 3. The Hall–Kier alpha value is -2.66. The van der Waals surface area contributed by atoms with E-state index in [-0.39, 0.29) is 17.1 Å². The van der Waals surface area contributed by atoms with Gasteiger partial charge in [-0.2, -0.15) is 4.98 Å². The molecule has 23 heteroatoms. The first-order chi connectivity index (χ1) is 21.7. The van der Waals surface area contributed by atoms with Gasteiger partial charge in [0.15, 0.2) is 36.0 Å². The van der Waals surface area contributed by atoms with Gasteiger partial charge >= 0.3 is 0 Å². The van der Waals surface area contributed by atoms with Crippen LogP contribution >= 0.6 is 26.5 Å². The number of nitrogens with two attached hydrogens (primary N) is 1. The Morgan fingerprint density at radius 2 is 1.54 bits per heavy atom. The smallest absolute Gasteiger partial charge is 0.280 e. The first-order valence-corrected chi connectivity index (χ1v) is 17.2. The van der Waals surface area contributed by atoms with Crippen LogP contribution in [0.15, 0.2) is 29.6 Å². The number of fused-ring (bicyclic) bond motifs is 4. The van der Waals surface area contributed by atoms with E-state index in [0.717, 1.165) is 10.9 Å². The SMILES string of the molecule is [B]P1(=O)OC[C@H]2O[C@@H](n3cnc4c(=O)[nH]c(N)nc43)C(F)[C@H]2OP([B])(=O)OC[C@H]2O[C@@H](n3cnc4cc(Cl)c(C)cc43)[C@@H](F)C2O1. The Kier molecular flexibility index (Phi) is 7.98. The average molecular weight is 697 g/mol. The molecule has 3 aromatic heterocycles. The summed E-state index contributed by atoms with van der Waals surface area (Å²) in [6, 6.07) is 3.28. The lowest BCUT2D eigenvalue weighted by Crippen LogP contribution is -2.37. The molecule has 0 spiro atoms. The predicted octanol–water partition coefficient (Wildman–Crippen LogP) is 2.55. The fourth-order valence-electron chi connectivity index (χ4n) is 5.60. The van der Waals surface area contributed by atoms with Gasteiger partial charge in [0, 0.05) is 5.02 Å². The Labute approximate surface area is 265 Å². The minimum atomic E-state index is -4.63. The lowest BCUT2D eigenvalue weighted by molar-refractivity contribution is -0.0547. The van der Waals surface area contributed by atoms with E-state index in [2.05, 4.69) is 19.9 Å². The standard InChI is InChI=1S/C23H22B2ClF2N7O9P2/c1-8-2-11-10(3-9(8)26)30-6-34(11)21-14(27)17-12(41-21)4-39-46(25,38)44-18-13(5-40-45(24,37)43-17)42-22(15(18)28)35-7-31-16-19(35)32-23(29)33-20(16)36/h2-3,6-7,12-15,17-18,21-22H,4-5H2,1H3,(H3,29,32,33,36)/t12-,13-,14+,15?,17?,18+,21-,22-,45?,46?/m1/s1. The van der Waals surface area contributed by atoms with E-state index in [1.54, 1.807) is 19.1 Å². The third kappa shape index (κ3) is 5.63. The first kappa shape index (κ1) is 31.9. The molecule has 0 bridgehead atoms. The van der Waals surface area contributed by atoms with Crippen molar-refractivity contribution in [1.29, 1.82) is 0 Å². The van der Waals surface area contributed by atoms with Crippen LogP contribution in [0.2, 0.25) is 5.02 Å². The second kappa shape index (κ2) is 11.5. The molecular weight excluding hydrogens is 675 g/mol. The van der Waals surface area contributed by atoms with Crippen LogP contribution in [-0.2, 0) is 36.7 Å². The molecule has 3 saturated heterocycles. The van der Waals surface area contributed by atoms with Crippen molar-refractivity contribution in [3.63, 3.8) is 0 Å². The summed E-state index contributed by atoms with van der Waals surface area (Å²) in [5, 5.41) is 0.449. The molecule has 3 N–H and O–H groups in total. The topological polar surface area (TPSA) is 197 Å². The number of anilines is 1. The fraction of sp³-hybridized carbons (Fsp3) is 0.478. The van der Waals surface area contributed by atoms with Crippen LogP contribution in [0.5, 0.6) is 0 Å². The predicted molar refractivity (Wildman–Crippen MR) is 158 cm³/mol. The summed E-state index contributed by atoms with van der Waals surface area (Å²) in [4.78, 5) is 26.6. The molecule has 3 aliphatic heterocycles. The number of rotatable bonds is 2. The zero-order valence-corrected chi connectivity index (χ0v) is 26.1. The van der Waals surface area contributed by atoms with Gasteiger partial charge in [0.2, 0.25) is 21.1 Å². The number of imidazole rings is 2. The molecule has 0 saturated carbocycles. The minimum Gasteiger partial charge on any atom is -0.369 e. The number of hydrogen-bond donors (Lipinski definition) is 2. The molecule has 1 aromatic carbocycles. The van der Waals surface area contributed by atoms with Crippen LogP contribution in [-0.4, -0.2) is 94.2 Å². The van der Waals surface area contributed by atoms with E-state index < -0.39 is 82.9 Å². The number of benzene rings is 1. The van der Waals surface area contributed by atoms with Gasteiger partial charge < -0.3 is 37.9 Å². The van der Waals surface area contributed by atoms with Crippen molar-refractivity contribution in [1.82, 2.24) is 29.1 Å². The van der Waals surface area contributed by atoms with Gasteiger partial charge in [-0.3, -0.25) is 23.5 Å². The van der Waals surface area contributed by atoms with Gasteiger partial charge in [-0.25, -0.2) is 18.7 Å². The highest BCUT2D eigenvalue weighted by atomic mass is 35.5. The highest BCUT2D eigenvalue weighted by Crippen LogP contribution is 2.54. The number of H-pyrrole nitrogens is 1. The molecule has 46 heavy (non-hydrogen) atoms. The zero-order chi connectivity index (χ0) is 32.7. The lowest BCUT2D eigenvalue weighted by atomic mass is 10.1. The van der Waals surface area contributed by atoms with E-state index in [1.165, 1.54) is 10.9 Å². The fourth-order valence-corrected chi connectivity index (χ4v) is 7.77. The van der Waals surface area contributed by atoms with Crippen LogP contribution in [0.1, 0.15) is 18.0 Å². The van der Waals surface area contributed by atoms with Crippen molar-refractivity contribution >= 4 is 69.8 Å². The molecule has 16 nitrogen and oxygen atoms in total. The van der Waals surface area contributed by atoms with Crippen LogP contribution < -0.4 is 11.3 Å². The van der Waals surface area contributed by atoms with Gasteiger partial charge in [0.25, 0.3) is 20.5 Å². The summed E-state index contributed by atoms with van der Waals surface area (Å²) >= 11 is 6.19. The Bertz CT molecular complexity index is 2000. The largest absolute Gasteiger partial charge is 0.369 e. The van der Waals surface area contributed by atoms with Crippen molar-refractivity contribution in [3.8, 4) is 0 Å². The molecule has 3 fully saturated rings. The Balaban J connectivity index is 1.17. The van der Waals surface area contributed by atoms with Crippen molar-refractivity contribution in [3.05, 3.63) is 45.7 Å². The third-order valence-electron chi connectivity index (χ3n) is 7.76. The van der Waals surface area contributed by atoms with E-state index in [0.29, 0.717) is 21.6 Å². The molecule has 7 rings (SSSR count). The highest BCUT2D eigenvalue weighted by Gasteiger charge is 2.53. The molecular formula is C23H22B2ClF2N7O9P2. The second-order valence-corrected chi connectivity index (χ2v) is 14.4. The zero-order valence-electron chi connectivity index (χ0n) is 23.5. The van der Waals surface area contributed by atoms with Gasteiger partial charge in [0.05, 0.1) is 36.9 Å². The molecule has 10 atom stereocenters. The van der Waals surface area contributed by atoms with Crippen LogP contribution in [0.25, 0.3) is 22.2 Å². The normalized spacial score (nSPS) is 37.1. The third-order valence-corrected chi connectivity index (χ3v) is 10.3. The van der Waals surface area contributed by atoms with E-state index in [4.69, 9.17) is 60.0 Å². The highest BCUT2D eigenvalue weighted by molar-refractivity contribution is 7.79. The summed E-state index contributed by atoms with van der Waals surface area (Å²) in [5.74, 6) is -0.276. The van der Waals surface area contributed by atoms with Gasteiger partial charge in [0.1, 0.15) is 24.4 Å². The van der Waals surface area contributed by atoms with Crippen LogP contribution in [0.3, 0.4) is 0 Å². The van der Waals surface area contributed by atoms with Gasteiger partial charge in [-0.15, -0.1) is 0 Å². The number of hydrogen-bond acceptors (Lipinski definition) is 13. The van der Waals surface area contributed by atoms with Gasteiger partial charge in [-0.05, 0) is 24.6 Å². The first-order valence-electron chi connectivity index (χ1n) is 13.6. The van der Waals surface area contributed by atoms with Crippen molar-refractivity contribution < 1.29 is 45.5 Å². The summed E-state index contributed by atoms with van der Waals surface area (Å²) < 4.78 is 94.1. The molecule has 4 aromatic rings. The quantitative estimate of drug-likeness (QED) is 0.229.